The van der Waals surface area contributed by atoms with Crippen molar-refractivity contribution in [2.24, 2.45) is 0 Å². The van der Waals surface area contributed by atoms with E-state index >= 15 is 0 Å². The third-order valence-electron chi connectivity index (χ3n) is 3.66. The van der Waals surface area contributed by atoms with Crippen molar-refractivity contribution in [3.63, 3.8) is 0 Å². The van der Waals surface area contributed by atoms with Gasteiger partial charge < -0.3 is 4.74 Å². The molecule has 0 aromatic heterocycles. The van der Waals surface area contributed by atoms with E-state index in [0.29, 0.717) is 5.75 Å². The molecule has 0 spiro atoms. The van der Waals surface area contributed by atoms with E-state index in [4.69, 9.17) is 4.74 Å². The summed E-state index contributed by atoms with van der Waals surface area (Å²) >= 11 is 0. The number of hydrogen-bond donors (Lipinski definition) is 0. The third-order valence-corrected chi connectivity index (χ3v) is 5.44. The highest BCUT2D eigenvalue weighted by molar-refractivity contribution is 7.91. The largest absolute Gasteiger partial charge is 0.497 e. The van der Waals surface area contributed by atoms with Gasteiger partial charge in [-0.1, -0.05) is 30.0 Å². The van der Waals surface area contributed by atoms with E-state index < -0.39 is 9.84 Å². The van der Waals surface area contributed by atoms with Crippen molar-refractivity contribution in [3.8, 4) is 17.6 Å². The first kappa shape index (κ1) is 16.8. The van der Waals surface area contributed by atoms with Crippen LogP contribution in [0.2, 0.25) is 0 Å². The van der Waals surface area contributed by atoms with Gasteiger partial charge in [0.05, 0.1) is 16.9 Å². The molecule has 0 radical (unpaired) electrons. The fraction of sp³-hybridized carbons (Fsp3) is 0.0476. The highest BCUT2D eigenvalue weighted by Gasteiger charge is 2.17. The summed E-state index contributed by atoms with van der Waals surface area (Å²) in [7, 11) is -2.01. The maximum absolute atomic E-state index is 12.6. The van der Waals surface area contributed by atoms with Gasteiger partial charge in [0.15, 0.2) is 0 Å². The Kier molecular flexibility index (Phi) is 4.87. The molecule has 0 saturated carbocycles. The fourth-order valence-electron chi connectivity index (χ4n) is 2.27. The minimum Gasteiger partial charge on any atom is -0.497 e. The first-order chi connectivity index (χ1) is 12.1. The van der Waals surface area contributed by atoms with Crippen LogP contribution in [0.5, 0.6) is 5.75 Å². The van der Waals surface area contributed by atoms with Gasteiger partial charge in [0.25, 0.3) is 0 Å². The standard InChI is InChI=1S/C21H16O3S/c1-24-19-11-15-21(16-12-19)25(22,23)20-13-9-18(10-14-20)8-7-17-5-3-2-4-6-17/h2-6,9-16H,1H3. The Balaban J connectivity index is 1.85. The molecule has 0 N–H and O–H groups in total. The lowest BCUT2D eigenvalue weighted by molar-refractivity contribution is 0.414. The van der Waals surface area contributed by atoms with Gasteiger partial charge in [-0.15, -0.1) is 0 Å². The molecule has 124 valence electrons. The van der Waals surface area contributed by atoms with Crippen molar-refractivity contribution in [2.45, 2.75) is 9.79 Å². The average molecular weight is 348 g/mol. The number of ether oxygens (including phenoxy) is 1. The predicted octanol–water partition coefficient (Wildman–Crippen LogP) is 3.93. The SMILES string of the molecule is COc1ccc(S(=O)(=O)c2ccc(C#Cc3ccccc3)cc2)cc1. The Hall–Kier alpha value is -3.03. The molecule has 0 aliphatic rings. The summed E-state index contributed by atoms with van der Waals surface area (Å²) in [6.07, 6.45) is 0. The number of hydrogen-bond acceptors (Lipinski definition) is 3. The van der Waals surface area contributed by atoms with Crippen LogP contribution in [0.3, 0.4) is 0 Å². The van der Waals surface area contributed by atoms with Crippen LogP contribution in [0.4, 0.5) is 0 Å². The quantitative estimate of drug-likeness (QED) is 0.674. The molecular weight excluding hydrogens is 332 g/mol. The van der Waals surface area contributed by atoms with Crippen LogP contribution in [0, 0.1) is 11.8 Å². The minimum absolute atomic E-state index is 0.233. The molecule has 3 nitrogen and oxygen atoms in total. The zero-order valence-electron chi connectivity index (χ0n) is 13.6. The summed E-state index contributed by atoms with van der Waals surface area (Å²) in [6, 6.07) is 22.6. The summed E-state index contributed by atoms with van der Waals surface area (Å²) in [5.74, 6) is 6.70. The second-order valence-corrected chi connectivity index (χ2v) is 7.27. The van der Waals surface area contributed by atoms with Gasteiger partial charge in [0.2, 0.25) is 9.84 Å². The number of benzene rings is 3. The second-order valence-electron chi connectivity index (χ2n) is 5.32. The van der Waals surface area contributed by atoms with Crippen LogP contribution in [-0.4, -0.2) is 15.5 Å². The summed E-state index contributed by atoms with van der Waals surface area (Å²) in [4.78, 5) is 0.472. The molecule has 0 heterocycles. The molecule has 25 heavy (non-hydrogen) atoms. The molecule has 0 aliphatic heterocycles. The van der Waals surface area contributed by atoms with Crippen LogP contribution in [0.25, 0.3) is 0 Å². The van der Waals surface area contributed by atoms with E-state index in [-0.39, 0.29) is 9.79 Å². The second kappa shape index (κ2) is 7.25. The molecule has 3 rings (SSSR count). The fourth-order valence-corrected chi connectivity index (χ4v) is 3.54. The van der Waals surface area contributed by atoms with Gasteiger partial charge in [0, 0.05) is 11.1 Å². The van der Waals surface area contributed by atoms with Crippen LogP contribution in [-0.2, 0) is 9.84 Å². The van der Waals surface area contributed by atoms with Gasteiger partial charge in [-0.05, 0) is 60.7 Å². The minimum atomic E-state index is -3.55. The zero-order valence-corrected chi connectivity index (χ0v) is 14.5. The van der Waals surface area contributed by atoms with Crippen molar-refractivity contribution in [2.75, 3.05) is 7.11 Å². The Labute approximate surface area is 147 Å². The maximum Gasteiger partial charge on any atom is 0.206 e. The van der Waals surface area contributed by atoms with Gasteiger partial charge in [-0.3, -0.25) is 0 Å². The number of methoxy groups -OCH3 is 1. The van der Waals surface area contributed by atoms with Crippen molar-refractivity contribution < 1.29 is 13.2 Å². The highest BCUT2D eigenvalue weighted by Crippen LogP contribution is 2.23. The zero-order chi connectivity index (χ0) is 17.7. The third kappa shape index (κ3) is 3.90. The number of sulfone groups is 1. The van der Waals surface area contributed by atoms with Crippen LogP contribution >= 0.6 is 0 Å². The molecule has 4 heteroatoms. The molecule has 3 aromatic carbocycles. The van der Waals surface area contributed by atoms with Gasteiger partial charge in [-0.25, -0.2) is 8.42 Å². The van der Waals surface area contributed by atoms with Crippen LogP contribution < -0.4 is 4.74 Å². The van der Waals surface area contributed by atoms with E-state index in [1.54, 1.807) is 43.5 Å². The molecule has 3 aromatic rings. The molecule has 0 fully saturated rings. The molecule has 0 aliphatic carbocycles. The average Bonchev–Trinajstić information content (AvgIpc) is 2.67. The van der Waals surface area contributed by atoms with Crippen molar-refractivity contribution in [1.82, 2.24) is 0 Å². The molecular formula is C21H16O3S. The first-order valence-electron chi connectivity index (χ1n) is 7.66. The lowest BCUT2D eigenvalue weighted by atomic mass is 10.2. The van der Waals surface area contributed by atoms with Crippen molar-refractivity contribution in [1.29, 1.82) is 0 Å². The summed E-state index contributed by atoms with van der Waals surface area (Å²) < 4.78 is 30.4. The van der Waals surface area contributed by atoms with Crippen LogP contribution in [0.15, 0.2) is 88.7 Å². The monoisotopic (exact) mass is 348 g/mol. The summed E-state index contributed by atoms with van der Waals surface area (Å²) in [5, 5.41) is 0. The van der Waals surface area contributed by atoms with E-state index in [2.05, 4.69) is 11.8 Å². The number of rotatable bonds is 3. The summed E-state index contributed by atoms with van der Waals surface area (Å²) in [6.45, 7) is 0. The van der Waals surface area contributed by atoms with Gasteiger partial charge in [0.1, 0.15) is 5.75 Å². The Morgan fingerprint density at radius 2 is 1.16 bits per heavy atom. The Bertz CT molecular complexity index is 1010. The van der Waals surface area contributed by atoms with E-state index in [1.807, 2.05) is 30.3 Å². The molecule has 0 unspecified atom stereocenters. The Morgan fingerprint density at radius 1 is 0.680 bits per heavy atom. The maximum atomic E-state index is 12.6. The van der Waals surface area contributed by atoms with Crippen molar-refractivity contribution >= 4 is 9.84 Å². The molecule has 0 saturated heterocycles. The van der Waals surface area contributed by atoms with E-state index in [1.165, 1.54) is 12.1 Å². The Morgan fingerprint density at radius 3 is 1.68 bits per heavy atom. The first-order valence-corrected chi connectivity index (χ1v) is 9.14. The van der Waals surface area contributed by atoms with Gasteiger partial charge in [-0.2, -0.15) is 0 Å². The predicted molar refractivity (Wildman–Crippen MR) is 97.3 cm³/mol. The van der Waals surface area contributed by atoms with E-state index in [0.717, 1.165) is 11.1 Å². The highest BCUT2D eigenvalue weighted by atomic mass is 32.2. The topological polar surface area (TPSA) is 43.4 Å². The smallest absolute Gasteiger partial charge is 0.206 e. The molecule has 0 bridgehead atoms. The lowest BCUT2D eigenvalue weighted by Gasteiger charge is -2.06. The van der Waals surface area contributed by atoms with Crippen molar-refractivity contribution in [3.05, 3.63) is 90.0 Å². The summed E-state index contributed by atoms with van der Waals surface area (Å²) in [5.41, 5.74) is 1.68. The molecule has 0 atom stereocenters. The molecule has 0 amide bonds. The lowest BCUT2D eigenvalue weighted by Crippen LogP contribution is -2.01. The van der Waals surface area contributed by atoms with Crippen LogP contribution in [0.1, 0.15) is 11.1 Å². The normalized spacial score (nSPS) is 10.6. The van der Waals surface area contributed by atoms with Gasteiger partial charge >= 0.3 is 0 Å². The van der Waals surface area contributed by atoms with E-state index in [9.17, 15) is 8.42 Å².